The normalized spacial score (nSPS) is 15.6. The number of carbonyl (C=O) groups is 2. The van der Waals surface area contributed by atoms with Gasteiger partial charge in [-0.25, -0.2) is 4.79 Å². The first kappa shape index (κ1) is 22.4. The van der Waals surface area contributed by atoms with E-state index in [9.17, 15) is 9.59 Å². The molecule has 1 aromatic rings. The Balaban J connectivity index is 1.82. The third-order valence-electron chi connectivity index (χ3n) is 4.32. The minimum atomic E-state index is -0.494. The zero-order chi connectivity index (χ0) is 20.2. The van der Waals surface area contributed by atoms with Crippen molar-refractivity contribution in [2.75, 3.05) is 25.9 Å². The van der Waals surface area contributed by atoms with Gasteiger partial charge in [-0.15, -0.1) is 11.8 Å². The molecular weight excluding hydrogens is 452 g/mol. The van der Waals surface area contributed by atoms with Crippen LogP contribution < -0.4 is 0 Å². The van der Waals surface area contributed by atoms with Gasteiger partial charge in [0.1, 0.15) is 5.60 Å². The fourth-order valence-electron chi connectivity index (χ4n) is 2.80. The number of halogens is 2. The van der Waals surface area contributed by atoms with Crippen LogP contribution in [-0.4, -0.2) is 59.3 Å². The number of hydrogen-bond donors (Lipinski definition) is 0. The van der Waals surface area contributed by atoms with Crippen LogP contribution in [0.3, 0.4) is 0 Å². The van der Waals surface area contributed by atoms with E-state index in [4.69, 9.17) is 16.3 Å². The van der Waals surface area contributed by atoms with Gasteiger partial charge in [-0.2, -0.15) is 0 Å². The number of ether oxygens (including phenoxy) is 1. The number of piperidine rings is 1. The van der Waals surface area contributed by atoms with Gasteiger partial charge in [-0.3, -0.25) is 4.79 Å². The molecule has 2 rings (SSSR count). The lowest BCUT2D eigenvalue weighted by molar-refractivity contribution is -0.129. The summed E-state index contributed by atoms with van der Waals surface area (Å²) in [7, 11) is 1.83. The second kappa shape index (κ2) is 9.52. The molecule has 2 amide bonds. The van der Waals surface area contributed by atoms with Crippen molar-refractivity contribution in [2.24, 2.45) is 0 Å². The molecule has 0 atom stereocenters. The molecule has 0 N–H and O–H groups in total. The van der Waals surface area contributed by atoms with E-state index in [-0.39, 0.29) is 18.0 Å². The highest BCUT2D eigenvalue weighted by atomic mass is 79.9. The number of carbonyl (C=O) groups excluding carboxylic acids is 2. The molecule has 0 spiro atoms. The van der Waals surface area contributed by atoms with Crippen molar-refractivity contribution in [1.29, 1.82) is 0 Å². The van der Waals surface area contributed by atoms with E-state index in [0.717, 1.165) is 22.2 Å². The number of benzene rings is 1. The summed E-state index contributed by atoms with van der Waals surface area (Å²) in [6.07, 6.45) is 1.22. The lowest BCUT2D eigenvalue weighted by Gasteiger charge is -2.37. The van der Waals surface area contributed by atoms with Crippen LogP contribution in [0.25, 0.3) is 0 Å². The minimum absolute atomic E-state index is 0.0618. The lowest BCUT2D eigenvalue weighted by atomic mass is 10.0. The highest BCUT2D eigenvalue weighted by Gasteiger charge is 2.29. The SMILES string of the molecule is CN(C(=O)CSc1cccc(Br)c1Cl)C1CCN(C(=O)OC(C)(C)C)CC1. The number of likely N-dealkylation sites (tertiary alicyclic amines) is 1. The van der Waals surface area contributed by atoms with Crippen molar-refractivity contribution in [3.05, 3.63) is 27.7 Å². The Morgan fingerprint density at radius 3 is 2.56 bits per heavy atom. The van der Waals surface area contributed by atoms with Gasteiger partial charge in [0.25, 0.3) is 0 Å². The van der Waals surface area contributed by atoms with Crippen LogP contribution in [0.4, 0.5) is 4.79 Å². The van der Waals surface area contributed by atoms with Gasteiger partial charge in [0, 0.05) is 35.5 Å². The van der Waals surface area contributed by atoms with E-state index < -0.39 is 5.60 Å². The van der Waals surface area contributed by atoms with Crippen LogP contribution >= 0.6 is 39.3 Å². The predicted molar refractivity (Wildman–Crippen MR) is 113 cm³/mol. The molecule has 8 heteroatoms. The number of amides is 2. The Morgan fingerprint density at radius 2 is 1.96 bits per heavy atom. The summed E-state index contributed by atoms with van der Waals surface area (Å²) >= 11 is 11.1. The summed E-state index contributed by atoms with van der Waals surface area (Å²) in [4.78, 5) is 29.1. The van der Waals surface area contributed by atoms with E-state index in [1.54, 1.807) is 9.80 Å². The van der Waals surface area contributed by atoms with Crippen molar-refractivity contribution in [3.63, 3.8) is 0 Å². The molecule has 150 valence electrons. The maximum atomic E-state index is 12.6. The smallest absolute Gasteiger partial charge is 0.410 e. The Morgan fingerprint density at radius 1 is 1.33 bits per heavy atom. The summed E-state index contributed by atoms with van der Waals surface area (Å²) in [6.45, 7) is 6.78. The topological polar surface area (TPSA) is 49.9 Å². The molecule has 5 nitrogen and oxygen atoms in total. The average molecular weight is 478 g/mol. The van der Waals surface area contributed by atoms with Crippen LogP contribution in [0.1, 0.15) is 33.6 Å². The van der Waals surface area contributed by atoms with Crippen molar-refractivity contribution in [3.8, 4) is 0 Å². The number of rotatable bonds is 4. The summed E-state index contributed by atoms with van der Waals surface area (Å²) in [5.41, 5.74) is -0.494. The van der Waals surface area contributed by atoms with Crippen LogP contribution in [0.5, 0.6) is 0 Å². The monoisotopic (exact) mass is 476 g/mol. The van der Waals surface area contributed by atoms with Gasteiger partial charge in [0.05, 0.1) is 10.8 Å². The Labute approximate surface area is 178 Å². The minimum Gasteiger partial charge on any atom is -0.444 e. The molecule has 0 aromatic heterocycles. The van der Waals surface area contributed by atoms with Crippen LogP contribution in [0, 0.1) is 0 Å². The summed E-state index contributed by atoms with van der Waals surface area (Å²) in [5, 5.41) is 0.628. The van der Waals surface area contributed by atoms with Gasteiger partial charge in [0.15, 0.2) is 0 Å². The molecule has 0 saturated carbocycles. The summed E-state index contributed by atoms with van der Waals surface area (Å²) < 4.78 is 6.24. The fraction of sp³-hybridized carbons (Fsp3) is 0.579. The highest BCUT2D eigenvalue weighted by molar-refractivity contribution is 9.10. The third-order valence-corrected chi connectivity index (χ3v) is 6.78. The van der Waals surface area contributed by atoms with Gasteiger partial charge < -0.3 is 14.5 Å². The largest absolute Gasteiger partial charge is 0.444 e. The zero-order valence-corrected chi connectivity index (χ0v) is 19.3. The molecule has 0 aliphatic carbocycles. The zero-order valence-electron chi connectivity index (χ0n) is 16.1. The summed E-state index contributed by atoms with van der Waals surface area (Å²) in [5.74, 6) is 0.394. The lowest BCUT2D eigenvalue weighted by Crippen LogP contribution is -2.48. The van der Waals surface area contributed by atoms with E-state index in [0.29, 0.717) is 23.9 Å². The molecular formula is C19H26BrClN2O3S. The van der Waals surface area contributed by atoms with Crippen molar-refractivity contribution < 1.29 is 14.3 Å². The number of hydrogen-bond acceptors (Lipinski definition) is 4. The highest BCUT2D eigenvalue weighted by Crippen LogP contribution is 2.33. The maximum Gasteiger partial charge on any atom is 0.410 e. The van der Waals surface area contributed by atoms with Crippen LogP contribution in [0.2, 0.25) is 5.02 Å². The summed E-state index contributed by atoms with van der Waals surface area (Å²) in [6, 6.07) is 5.82. The first-order valence-corrected chi connectivity index (χ1v) is 11.0. The molecule has 0 bridgehead atoms. The van der Waals surface area contributed by atoms with E-state index in [1.165, 1.54) is 11.8 Å². The molecule has 1 saturated heterocycles. The number of thioether (sulfide) groups is 1. The molecule has 0 radical (unpaired) electrons. The van der Waals surface area contributed by atoms with Crippen LogP contribution in [-0.2, 0) is 9.53 Å². The van der Waals surface area contributed by atoms with Crippen molar-refractivity contribution in [1.82, 2.24) is 9.80 Å². The van der Waals surface area contributed by atoms with E-state index in [2.05, 4.69) is 15.9 Å². The van der Waals surface area contributed by atoms with Gasteiger partial charge >= 0.3 is 6.09 Å². The molecule has 1 heterocycles. The first-order chi connectivity index (χ1) is 12.6. The fourth-order valence-corrected chi connectivity index (χ4v) is 4.48. The van der Waals surface area contributed by atoms with E-state index in [1.807, 2.05) is 46.0 Å². The number of nitrogens with zero attached hydrogens (tertiary/aromatic N) is 2. The molecule has 1 aliphatic heterocycles. The molecule has 27 heavy (non-hydrogen) atoms. The molecule has 1 aromatic carbocycles. The Hall–Kier alpha value is -0.920. The average Bonchev–Trinajstić information content (AvgIpc) is 2.60. The molecule has 0 unspecified atom stereocenters. The second-order valence-corrected chi connectivity index (χ2v) is 9.79. The first-order valence-electron chi connectivity index (χ1n) is 8.89. The third kappa shape index (κ3) is 6.57. The maximum absolute atomic E-state index is 12.6. The standard InChI is InChI=1S/C19H26BrClN2O3S/c1-19(2,3)26-18(25)23-10-8-13(9-11-23)22(4)16(24)12-27-15-7-5-6-14(20)17(15)21/h5-7,13H,8-12H2,1-4H3. The Bertz CT molecular complexity index is 688. The van der Waals surface area contributed by atoms with Gasteiger partial charge in [-0.05, 0) is 61.7 Å². The van der Waals surface area contributed by atoms with Crippen molar-refractivity contribution >= 4 is 51.3 Å². The molecule has 1 fully saturated rings. The van der Waals surface area contributed by atoms with E-state index >= 15 is 0 Å². The second-order valence-electron chi connectivity index (χ2n) is 7.54. The van der Waals surface area contributed by atoms with Gasteiger partial charge in [0.2, 0.25) is 5.91 Å². The van der Waals surface area contributed by atoms with Gasteiger partial charge in [-0.1, -0.05) is 17.7 Å². The quantitative estimate of drug-likeness (QED) is 0.569. The van der Waals surface area contributed by atoms with Crippen LogP contribution in [0.15, 0.2) is 27.6 Å². The van der Waals surface area contributed by atoms with Crippen molar-refractivity contribution in [2.45, 2.75) is 50.2 Å². The Kier molecular flexibility index (Phi) is 7.89. The predicted octanol–water partition coefficient (Wildman–Crippen LogP) is 5.05. The molecule has 1 aliphatic rings.